The average Bonchev–Trinajstić information content (AvgIpc) is 2.40. The molecule has 0 aliphatic heterocycles. The van der Waals surface area contributed by atoms with Crippen LogP contribution in [0.5, 0.6) is 5.75 Å². The summed E-state index contributed by atoms with van der Waals surface area (Å²) in [6.07, 6.45) is 0. The fraction of sp³-hybridized carbons (Fsp3) is 0.429. The van der Waals surface area contributed by atoms with E-state index in [2.05, 4.69) is 5.32 Å². The maximum absolute atomic E-state index is 11.5. The molecule has 0 amide bonds. The first-order valence-corrected chi connectivity index (χ1v) is 6.24. The monoisotopic (exact) mass is 262 g/mol. The van der Waals surface area contributed by atoms with Gasteiger partial charge in [-0.2, -0.15) is 5.26 Å². The first-order valence-electron chi connectivity index (χ1n) is 6.24. The van der Waals surface area contributed by atoms with Crippen LogP contribution in [0.3, 0.4) is 0 Å². The van der Waals surface area contributed by atoms with Gasteiger partial charge in [0.1, 0.15) is 5.75 Å². The van der Waals surface area contributed by atoms with Crippen LogP contribution in [-0.2, 0) is 9.53 Å². The molecule has 1 aromatic carbocycles. The van der Waals surface area contributed by atoms with Gasteiger partial charge in [-0.25, -0.2) is 0 Å². The van der Waals surface area contributed by atoms with Crippen molar-refractivity contribution in [3.8, 4) is 11.8 Å². The number of carbonyl (C=O) groups excluding carboxylic acids is 1. The summed E-state index contributed by atoms with van der Waals surface area (Å²) in [7, 11) is 0. The highest BCUT2D eigenvalue weighted by Crippen LogP contribution is 2.17. The molecule has 1 N–H and O–H groups in total. The van der Waals surface area contributed by atoms with E-state index in [1.165, 1.54) is 0 Å². The fourth-order valence-corrected chi connectivity index (χ4v) is 1.51. The molecule has 0 bridgehead atoms. The Morgan fingerprint density at radius 2 is 2.21 bits per heavy atom. The Kier molecular flexibility index (Phi) is 6.23. The number of rotatable bonds is 7. The van der Waals surface area contributed by atoms with Crippen LogP contribution in [0.15, 0.2) is 24.3 Å². The molecule has 0 spiro atoms. The zero-order valence-corrected chi connectivity index (χ0v) is 11.2. The fourth-order valence-electron chi connectivity index (χ4n) is 1.51. The SMILES string of the molecule is CCOC(=O)[C@@H](C#N)CNc1cccc(OCC)c1. The zero-order valence-electron chi connectivity index (χ0n) is 11.2. The molecule has 0 aliphatic rings. The van der Waals surface area contributed by atoms with Crippen LogP contribution >= 0.6 is 0 Å². The molecule has 1 aromatic rings. The van der Waals surface area contributed by atoms with Crippen LogP contribution in [-0.4, -0.2) is 25.7 Å². The van der Waals surface area contributed by atoms with E-state index >= 15 is 0 Å². The van der Waals surface area contributed by atoms with Crippen molar-refractivity contribution in [2.24, 2.45) is 5.92 Å². The summed E-state index contributed by atoms with van der Waals surface area (Å²) in [5, 5.41) is 12.0. The Hall–Kier alpha value is -2.22. The predicted octanol–water partition coefficient (Wildman–Crippen LogP) is 2.20. The van der Waals surface area contributed by atoms with Crippen LogP contribution in [0.2, 0.25) is 0 Å². The van der Waals surface area contributed by atoms with Crippen molar-refractivity contribution in [3.05, 3.63) is 24.3 Å². The third kappa shape index (κ3) is 4.88. The predicted molar refractivity (Wildman–Crippen MR) is 71.8 cm³/mol. The van der Waals surface area contributed by atoms with Gasteiger partial charge in [0.05, 0.1) is 19.3 Å². The number of hydrogen-bond donors (Lipinski definition) is 1. The van der Waals surface area contributed by atoms with Crippen molar-refractivity contribution in [3.63, 3.8) is 0 Å². The lowest BCUT2D eigenvalue weighted by atomic mass is 10.1. The maximum atomic E-state index is 11.5. The Morgan fingerprint density at radius 3 is 2.84 bits per heavy atom. The zero-order chi connectivity index (χ0) is 14.1. The topological polar surface area (TPSA) is 71.4 Å². The number of nitrogens with one attached hydrogen (secondary N) is 1. The highest BCUT2D eigenvalue weighted by molar-refractivity contribution is 5.76. The maximum Gasteiger partial charge on any atom is 0.325 e. The Bertz CT molecular complexity index is 454. The first kappa shape index (κ1) is 14.8. The summed E-state index contributed by atoms with van der Waals surface area (Å²) in [5.41, 5.74) is 0.801. The van der Waals surface area contributed by atoms with Gasteiger partial charge < -0.3 is 14.8 Å². The number of carbonyl (C=O) groups is 1. The summed E-state index contributed by atoms with van der Waals surface area (Å²) in [6.45, 7) is 4.70. The van der Waals surface area contributed by atoms with Gasteiger partial charge >= 0.3 is 5.97 Å². The Labute approximate surface area is 113 Å². The van der Waals surface area contributed by atoms with Crippen LogP contribution in [0, 0.1) is 17.2 Å². The van der Waals surface area contributed by atoms with E-state index in [1.54, 1.807) is 6.92 Å². The van der Waals surface area contributed by atoms with E-state index in [4.69, 9.17) is 14.7 Å². The number of nitrogens with zero attached hydrogens (tertiary/aromatic N) is 1. The molecular formula is C14H18N2O3. The molecule has 0 aliphatic carbocycles. The van der Waals surface area contributed by atoms with Crippen molar-refractivity contribution in [2.45, 2.75) is 13.8 Å². The third-order valence-corrected chi connectivity index (χ3v) is 2.38. The van der Waals surface area contributed by atoms with E-state index < -0.39 is 11.9 Å². The van der Waals surface area contributed by atoms with Gasteiger partial charge in [-0.1, -0.05) is 6.07 Å². The highest BCUT2D eigenvalue weighted by atomic mass is 16.5. The van der Waals surface area contributed by atoms with Gasteiger partial charge in [-0.05, 0) is 26.0 Å². The van der Waals surface area contributed by atoms with Gasteiger partial charge in [0.15, 0.2) is 5.92 Å². The van der Waals surface area contributed by atoms with E-state index in [9.17, 15) is 4.79 Å². The lowest BCUT2D eigenvalue weighted by Gasteiger charge is -2.11. The van der Waals surface area contributed by atoms with Crippen LogP contribution in [0.4, 0.5) is 5.69 Å². The van der Waals surface area contributed by atoms with Crippen molar-refractivity contribution in [2.75, 3.05) is 25.1 Å². The van der Waals surface area contributed by atoms with E-state index in [0.29, 0.717) is 6.61 Å². The largest absolute Gasteiger partial charge is 0.494 e. The van der Waals surface area contributed by atoms with Gasteiger partial charge in [0.25, 0.3) is 0 Å². The second-order valence-electron chi connectivity index (χ2n) is 3.78. The van der Waals surface area contributed by atoms with Crippen molar-refractivity contribution in [1.29, 1.82) is 5.26 Å². The van der Waals surface area contributed by atoms with Gasteiger partial charge in [0, 0.05) is 18.3 Å². The molecule has 0 radical (unpaired) electrons. The van der Waals surface area contributed by atoms with Gasteiger partial charge in [-0.15, -0.1) is 0 Å². The molecule has 5 nitrogen and oxygen atoms in total. The standard InChI is InChI=1S/C14H18N2O3/c1-3-18-13-7-5-6-12(8-13)16-10-11(9-15)14(17)19-4-2/h5-8,11,16H,3-4,10H2,1-2H3/t11-/m0/s1. The average molecular weight is 262 g/mol. The number of benzene rings is 1. The summed E-state index contributed by atoms with van der Waals surface area (Å²) in [5.74, 6) is -0.564. The molecule has 0 aromatic heterocycles. The molecule has 0 fully saturated rings. The van der Waals surface area contributed by atoms with E-state index in [-0.39, 0.29) is 13.2 Å². The summed E-state index contributed by atoms with van der Waals surface area (Å²) in [6, 6.07) is 9.30. The van der Waals surface area contributed by atoms with Crippen LogP contribution < -0.4 is 10.1 Å². The minimum Gasteiger partial charge on any atom is -0.494 e. The Morgan fingerprint density at radius 1 is 1.42 bits per heavy atom. The lowest BCUT2D eigenvalue weighted by molar-refractivity contribution is -0.145. The summed E-state index contributed by atoms with van der Waals surface area (Å²) in [4.78, 5) is 11.5. The number of esters is 1. The number of hydrogen-bond acceptors (Lipinski definition) is 5. The normalized spacial score (nSPS) is 11.2. The van der Waals surface area contributed by atoms with Crippen molar-refractivity contribution >= 4 is 11.7 Å². The molecule has 0 unspecified atom stereocenters. The first-order chi connectivity index (χ1) is 9.21. The minimum absolute atomic E-state index is 0.213. The smallest absolute Gasteiger partial charge is 0.325 e. The van der Waals surface area contributed by atoms with Crippen LogP contribution in [0.25, 0.3) is 0 Å². The van der Waals surface area contributed by atoms with Crippen molar-refractivity contribution < 1.29 is 14.3 Å². The lowest BCUT2D eigenvalue weighted by Crippen LogP contribution is -2.23. The second kappa shape index (κ2) is 7.98. The molecule has 0 heterocycles. The third-order valence-electron chi connectivity index (χ3n) is 2.38. The van der Waals surface area contributed by atoms with Gasteiger partial charge in [0.2, 0.25) is 0 Å². The Balaban J connectivity index is 2.57. The highest BCUT2D eigenvalue weighted by Gasteiger charge is 2.18. The van der Waals surface area contributed by atoms with E-state index in [1.807, 2.05) is 37.3 Å². The second-order valence-corrected chi connectivity index (χ2v) is 3.78. The minimum atomic E-state index is -0.810. The summed E-state index contributed by atoms with van der Waals surface area (Å²) < 4.78 is 10.2. The van der Waals surface area contributed by atoms with E-state index in [0.717, 1.165) is 11.4 Å². The number of nitriles is 1. The molecular weight excluding hydrogens is 244 g/mol. The number of anilines is 1. The molecule has 0 saturated heterocycles. The number of ether oxygens (including phenoxy) is 2. The van der Waals surface area contributed by atoms with Crippen LogP contribution in [0.1, 0.15) is 13.8 Å². The molecule has 19 heavy (non-hydrogen) atoms. The van der Waals surface area contributed by atoms with Crippen molar-refractivity contribution in [1.82, 2.24) is 0 Å². The molecule has 0 saturated carbocycles. The van der Waals surface area contributed by atoms with Gasteiger partial charge in [-0.3, -0.25) is 4.79 Å². The molecule has 1 atom stereocenters. The molecule has 102 valence electrons. The summed E-state index contributed by atoms with van der Waals surface area (Å²) >= 11 is 0. The molecule has 1 rings (SSSR count). The molecule has 5 heteroatoms. The quantitative estimate of drug-likeness (QED) is 0.763.